The number of phosphoric acid groups is 1. The third-order valence-electron chi connectivity index (χ3n) is 6.34. The smallest absolute Gasteiger partial charge is 0.473 e. The lowest BCUT2D eigenvalue weighted by atomic mass is 10.1. The monoisotopic (exact) mass is 624 g/mol. The van der Waals surface area contributed by atoms with Crippen LogP contribution in [0.3, 0.4) is 0 Å². The van der Waals surface area contributed by atoms with Crippen molar-refractivity contribution in [3.05, 3.63) is 22.9 Å². The molecule has 1 saturated carbocycles. The number of aromatic nitrogens is 6. The molecule has 1 saturated heterocycles. The first-order chi connectivity index (χ1) is 19.0. The van der Waals surface area contributed by atoms with Gasteiger partial charge in [-0.1, -0.05) is 0 Å². The second kappa shape index (κ2) is 11.8. The van der Waals surface area contributed by atoms with E-state index in [4.69, 9.17) is 29.1 Å². The van der Waals surface area contributed by atoms with Crippen LogP contribution in [0.25, 0.3) is 11.2 Å². The van der Waals surface area contributed by atoms with Crippen molar-refractivity contribution in [2.45, 2.75) is 49.6 Å². The Balaban J connectivity index is 1.31. The van der Waals surface area contributed by atoms with Crippen LogP contribution in [0.5, 0.6) is 5.88 Å². The highest BCUT2D eigenvalue weighted by atomic mass is 32.1. The highest BCUT2D eigenvalue weighted by Crippen LogP contribution is 2.50. The Kier molecular flexibility index (Phi) is 8.55. The second-order valence-electron chi connectivity index (χ2n) is 8.98. The quantitative estimate of drug-likeness (QED) is 0.142. The summed E-state index contributed by atoms with van der Waals surface area (Å²) in [6.07, 6.45) is -4.30. The summed E-state index contributed by atoms with van der Waals surface area (Å²) in [5.41, 5.74) is 4.72. The summed E-state index contributed by atoms with van der Waals surface area (Å²) in [4.78, 5) is 41.9. The molecular formula is C18H24N7O12P2S+. The fourth-order valence-corrected chi connectivity index (χ4v) is 6.15. The summed E-state index contributed by atoms with van der Waals surface area (Å²) in [6, 6.07) is 0. The number of aliphatic hydroxyl groups is 2. The fourth-order valence-electron chi connectivity index (χ4n) is 4.54. The van der Waals surface area contributed by atoms with E-state index in [1.54, 1.807) is 0 Å². The number of aromatic amines is 1. The summed E-state index contributed by atoms with van der Waals surface area (Å²) in [6.45, 7) is -0.982. The normalized spacial score (nSPS) is 30.5. The van der Waals surface area contributed by atoms with Crippen molar-refractivity contribution < 1.29 is 52.2 Å². The molecule has 2 unspecified atom stereocenters. The summed E-state index contributed by atoms with van der Waals surface area (Å²) in [5.74, 6) is -0.539. The molecule has 7 N–H and O–H groups in total. The lowest BCUT2D eigenvalue weighted by Crippen LogP contribution is -2.35. The molecule has 218 valence electrons. The lowest BCUT2D eigenvalue weighted by molar-refractivity contribution is -0.0486. The predicted molar refractivity (Wildman–Crippen MR) is 132 cm³/mol. The number of anilines is 1. The van der Waals surface area contributed by atoms with Gasteiger partial charge in [-0.25, -0.2) is 9.55 Å². The highest BCUT2D eigenvalue weighted by molar-refractivity contribution is 7.47. The van der Waals surface area contributed by atoms with Crippen LogP contribution in [0.2, 0.25) is 0 Å². The van der Waals surface area contributed by atoms with Crippen LogP contribution >= 0.6 is 27.8 Å². The molecule has 1 aliphatic heterocycles. The first-order valence-corrected chi connectivity index (χ1v) is 15.0. The molecular weight excluding hydrogens is 600 g/mol. The summed E-state index contributed by atoms with van der Waals surface area (Å²) in [5, 5.41) is 21.2. The Hall–Kier alpha value is -2.48. The number of imidazole rings is 1. The second-order valence-corrected chi connectivity index (χ2v) is 11.7. The topological polar surface area (TPSA) is 277 Å². The Labute approximate surface area is 228 Å². The number of ether oxygens (including phenoxy) is 2. The molecule has 0 spiro atoms. The molecule has 3 aromatic rings. The third kappa shape index (κ3) is 6.37. The van der Waals surface area contributed by atoms with Gasteiger partial charge in [0, 0.05) is 16.9 Å². The van der Waals surface area contributed by atoms with Gasteiger partial charge in [-0.2, -0.15) is 9.36 Å². The maximum atomic E-state index is 13.0. The van der Waals surface area contributed by atoms with Gasteiger partial charge in [-0.15, -0.1) is 13.8 Å². The van der Waals surface area contributed by atoms with Crippen LogP contribution < -0.4 is 16.0 Å². The van der Waals surface area contributed by atoms with Gasteiger partial charge in [-0.3, -0.25) is 23.4 Å². The van der Waals surface area contributed by atoms with E-state index in [0.717, 1.165) is 22.6 Å². The van der Waals surface area contributed by atoms with Crippen LogP contribution in [0, 0.1) is 5.92 Å². The molecule has 0 bridgehead atoms. The van der Waals surface area contributed by atoms with Crippen molar-refractivity contribution in [3.63, 3.8) is 0 Å². The number of nitrogens with zero attached hydrogens (tertiary/aromatic N) is 5. The SMILES string of the molecule is Nc1nc2c(ncn2[C@@H]2O[C@H](CO[P+](=O)O)[C@@H](O)[C@H]2OP(=O)(O)OC[C@H]2C[C@@H](Oc3cnsn3)C[C@@H]2O)c(=O)[nH]1. The van der Waals surface area contributed by atoms with E-state index in [9.17, 15) is 29.0 Å². The Morgan fingerprint density at radius 1 is 1.32 bits per heavy atom. The number of aliphatic hydroxyl groups excluding tert-OH is 2. The van der Waals surface area contributed by atoms with Gasteiger partial charge >= 0.3 is 16.1 Å². The van der Waals surface area contributed by atoms with Crippen LogP contribution in [0.4, 0.5) is 5.95 Å². The third-order valence-corrected chi connectivity index (χ3v) is 8.15. The van der Waals surface area contributed by atoms with Crippen molar-refractivity contribution in [2.75, 3.05) is 18.9 Å². The van der Waals surface area contributed by atoms with Crippen molar-refractivity contribution in [1.29, 1.82) is 0 Å². The zero-order valence-corrected chi connectivity index (χ0v) is 22.8. The number of rotatable bonds is 11. The molecule has 0 radical (unpaired) electrons. The Bertz CT molecular complexity index is 1460. The minimum Gasteiger partial charge on any atom is -0.473 e. The molecule has 5 rings (SSSR count). The van der Waals surface area contributed by atoms with Crippen LogP contribution in [0.1, 0.15) is 19.1 Å². The van der Waals surface area contributed by atoms with Gasteiger partial charge < -0.3 is 30.3 Å². The van der Waals surface area contributed by atoms with E-state index in [0.29, 0.717) is 5.88 Å². The largest absolute Gasteiger partial charge is 0.694 e. The Morgan fingerprint density at radius 3 is 2.85 bits per heavy atom. The molecule has 19 nitrogen and oxygen atoms in total. The minimum atomic E-state index is -4.92. The first-order valence-electron chi connectivity index (χ1n) is 11.6. The molecule has 3 aromatic heterocycles. The zero-order valence-electron chi connectivity index (χ0n) is 20.2. The number of hydrogen-bond donors (Lipinski definition) is 6. The molecule has 9 atom stereocenters. The van der Waals surface area contributed by atoms with Crippen molar-refractivity contribution in [1.82, 2.24) is 28.3 Å². The standard InChI is InChI=1S/C18H23N7O12P2S/c19-18-22-15-12(16(28)23-18)20-6-25(15)17-14(13(27)10(36-17)5-33-38(29)30)37-39(31,32)34-4-7-1-8(2-9(7)26)35-11-3-21-40-24-11/h3,6-10,13-14,17,26-27H,1-2,4-5H2,(H4-,19,22,23,28,29,30,31,32)/p+1/t7-,8-,9+,10-,13-,14-,17-/m1/s1. The molecule has 2 fully saturated rings. The van der Waals surface area contributed by atoms with E-state index in [2.05, 4.69) is 28.2 Å². The lowest BCUT2D eigenvalue weighted by Gasteiger charge is -2.25. The molecule has 4 heterocycles. The highest BCUT2D eigenvalue weighted by Gasteiger charge is 2.50. The van der Waals surface area contributed by atoms with E-state index < -0.39 is 77.5 Å². The predicted octanol–water partition coefficient (Wildman–Crippen LogP) is -0.801. The molecule has 0 aromatic carbocycles. The van der Waals surface area contributed by atoms with E-state index >= 15 is 0 Å². The number of hydrogen-bond acceptors (Lipinski definition) is 16. The van der Waals surface area contributed by atoms with Crippen LogP contribution in [0.15, 0.2) is 17.3 Å². The number of phosphoric ester groups is 1. The summed E-state index contributed by atoms with van der Waals surface area (Å²) in [7, 11) is -7.98. The number of fused-ring (bicyclic) bond motifs is 1. The number of nitrogens with two attached hydrogens (primary N) is 1. The summed E-state index contributed by atoms with van der Waals surface area (Å²) >= 11 is 0.962. The van der Waals surface area contributed by atoms with Crippen LogP contribution in [-0.4, -0.2) is 92.0 Å². The molecule has 0 amide bonds. The van der Waals surface area contributed by atoms with Gasteiger partial charge in [0.1, 0.15) is 37.2 Å². The van der Waals surface area contributed by atoms with Gasteiger partial charge in [-0.05, 0) is 6.42 Å². The average molecular weight is 624 g/mol. The number of H-pyrrole nitrogens is 1. The van der Waals surface area contributed by atoms with Gasteiger partial charge in [0.15, 0.2) is 17.4 Å². The van der Waals surface area contributed by atoms with Crippen molar-refractivity contribution in [2.24, 2.45) is 5.92 Å². The van der Waals surface area contributed by atoms with E-state index in [1.807, 2.05) is 0 Å². The van der Waals surface area contributed by atoms with Gasteiger partial charge in [0.05, 0.1) is 30.8 Å². The average Bonchev–Trinajstić information content (AvgIpc) is 3.66. The van der Waals surface area contributed by atoms with E-state index in [1.165, 1.54) is 6.20 Å². The van der Waals surface area contributed by atoms with Crippen molar-refractivity contribution >= 4 is 44.9 Å². The molecule has 2 aliphatic rings. The molecule has 40 heavy (non-hydrogen) atoms. The molecule has 1 aliphatic carbocycles. The maximum Gasteiger partial charge on any atom is 0.694 e. The Morgan fingerprint density at radius 2 is 2.12 bits per heavy atom. The number of nitrogen functional groups attached to an aromatic ring is 1. The van der Waals surface area contributed by atoms with Crippen LogP contribution in [-0.2, 0) is 27.4 Å². The zero-order chi connectivity index (χ0) is 28.6. The first kappa shape index (κ1) is 29.0. The van der Waals surface area contributed by atoms with Gasteiger partial charge in [0.2, 0.25) is 11.8 Å². The number of nitrogens with one attached hydrogen (secondary N) is 1. The molecule has 22 heteroatoms. The van der Waals surface area contributed by atoms with Crippen molar-refractivity contribution in [3.8, 4) is 5.88 Å². The maximum absolute atomic E-state index is 13.0. The van der Waals surface area contributed by atoms with Gasteiger partial charge in [0.25, 0.3) is 5.56 Å². The minimum absolute atomic E-state index is 0.0917. The summed E-state index contributed by atoms with van der Waals surface area (Å²) < 4.78 is 59.3. The fraction of sp³-hybridized carbons (Fsp3) is 0.611. The van der Waals surface area contributed by atoms with E-state index in [-0.39, 0.29) is 30.0 Å².